The predicted molar refractivity (Wildman–Crippen MR) is 434 cm³/mol. The summed E-state index contributed by atoms with van der Waals surface area (Å²) in [7, 11) is -1.07. The minimum absolute atomic E-state index is 0.109. The number of hydrogen-bond donors (Lipinski definition) is 4. The van der Waals surface area contributed by atoms with E-state index in [1.807, 2.05) is 86.6 Å². The number of aromatic carboxylic acids is 1. The molecule has 4 N–H and O–H groups in total. The highest BCUT2D eigenvalue weighted by atomic mass is 32.2. The van der Waals surface area contributed by atoms with Crippen LogP contribution in [0, 0.1) is 20.8 Å². The van der Waals surface area contributed by atoms with Gasteiger partial charge in [-0.1, -0.05) is 205 Å². The summed E-state index contributed by atoms with van der Waals surface area (Å²) in [6.07, 6.45) is 1.58. The molecule has 12 aromatic carbocycles. The lowest BCUT2D eigenvalue weighted by atomic mass is 9.94. The molecule has 1 unspecified atom stereocenters. The van der Waals surface area contributed by atoms with Crippen LogP contribution in [0.15, 0.2) is 350 Å². The number of aryl methyl sites for hydroxylation is 3. The van der Waals surface area contributed by atoms with E-state index in [1.54, 1.807) is 183 Å². The van der Waals surface area contributed by atoms with Crippen molar-refractivity contribution in [2.45, 2.75) is 52.2 Å². The fourth-order valence-electron chi connectivity index (χ4n) is 9.57. The molecule has 0 saturated carbocycles. The first-order valence-corrected chi connectivity index (χ1v) is 37.6. The van der Waals surface area contributed by atoms with Gasteiger partial charge in [-0.05, 0) is 200 Å². The van der Waals surface area contributed by atoms with Crippen molar-refractivity contribution < 1.29 is 53.4 Å². The van der Waals surface area contributed by atoms with Crippen molar-refractivity contribution in [2.75, 3.05) is 6.26 Å². The van der Waals surface area contributed by atoms with Gasteiger partial charge in [-0.3, -0.25) is 56.9 Å². The molecular formula is C87H68O17S5. The number of hydrogen-bond acceptors (Lipinski definition) is 20. The number of carbonyl (C=O) groups is 6. The van der Waals surface area contributed by atoms with Crippen LogP contribution in [0.4, 0.5) is 0 Å². The Morgan fingerprint density at radius 2 is 0.706 bits per heavy atom. The van der Waals surface area contributed by atoms with Crippen molar-refractivity contribution in [3.05, 3.63) is 409 Å². The van der Waals surface area contributed by atoms with Gasteiger partial charge in [0.25, 0.3) is 0 Å². The summed E-state index contributed by atoms with van der Waals surface area (Å²) >= 11 is 3.81. The lowest BCUT2D eigenvalue weighted by Gasteiger charge is -2.10. The zero-order valence-corrected chi connectivity index (χ0v) is 63.0. The molecule has 12 aromatic rings. The van der Waals surface area contributed by atoms with Crippen LogP contribution in [0.2, 0.25) is 0 Å². The van der Waals surface area contributed by atoms with Crippen LogP contribution >= 0.6 is 47.0 Å². The predicted octanol–water partition coefficient (Wildman–Crippen LogP) is 16.5. The molecule has 0 heterocycles. The molecule has 0 bridgehead atoms. The Kier molecular flexibility index (Phi) is 32.5. The lowest BCUT2D eigenvalue weighted by molar-refractivity contribution is 0.0692. The minimum atomic E-state index is -1.32. The fourth-order valence-corrected chi connectivity index (χ4v) is 13.2. The Hall–Kier alpha value is -12.3. The number of rotatable bonds is 12. The first-order chi connectivity index (χ1) is 52.2. The van der Waals surface area contributed by atoms with E-state index in [9.17, 15) is 72.0 Å². The third kappa shape index (κ3) is 25.7. The smallest absolute Gasteiger partial charge is 0.339 e. The molecule has 0 spiro atoms. The van der Waals surface area contributed by atoms with E-state index in [0.29, 0.717) is 57.9 Å². The molecule has 109 heavy (non-hydrogen) atoms. The number of benzene rings is 6. The monoisotopic (exact) mass is 1540 g/mol. The number of carbonyl (C=O) groups excluding carboxylic acids is 5. The maximum Gasteiger partial charge on any atom is 0.339 e. The summed E-state index contributed by atoms with van der Waals surface area (Å²) in [5, 5.41) is 39.3. The van der Waals surface area contributed by atoms with Gasteiger partial charge in [0, 0.05) is 55.3 Å². The molecule has 0 aliphatic heterocycles. The maximum absolute atomic E-state index is 12.1. The van der Waals surface area contributed by atoms with Crippen LogP contribution in [0.5, 0.6) is 17.2 Å². The minimum Gasteiger partial charge on any atom is -0.504 e. The first-order valence-electron chi connectivity index (χ1n) is 32.7. The van der Waals surface area contributed by atoms with Crippen LogP contribution in [-0.2, 0) is 10.8 Å². The van der Waals surface area contributed by atoms with Crippen LogP contribution < -0.4 is 32.6 Å². The molecule has 12 rings (SSSR count). The Morgan fingerprint density at radius 1 is 0.330 bits per heavy atom. The third-order valence-corrected chi connectivity index (χ3v) is 19.9. The second kappa shape index (κ2) is 42.1. The summed E-state index contributed by atoms with van der Waals surface area (Å²) in [5.74, 6) is -3.67. The summed E-state index contributed by atoms with van der Waals surface area (Å²) in [6.45, 7) is 6.88. The second-order valence-electron chi connectivity index (χ2n) is 23.1. The van der Waals surface area contributed by atoms with Crippen molar-refractivity contribution in [1.82, 2.24) is 0 Å². The largest absolute Gasteiger partial charge is 0.504 e. The van der Waals surface area contributed by atoms with Crippen molar-refractivity contribution in [3.8, 4) is 28.4 Å². The van der Waals surface area contributed by atoms with E-state index in [-0.39, 0.29) is 64.6 Å². The molecule has 0 aromatic heterocycles. The fraction of sp³-hybridized carbons (Fsp3) is 0.0575. The molecule has 548 valence electrons. The topological polar surface area (TPSA) is 303 Å². The molecule has 0 radical (unpaired) electrons. The van der Waals surface area contributed by atoms with Gasteiger partial charge >= 0.3 is 5.97 Å². The normalized spacial score (nSPS) is 10.4. The second-order valence-corrected chi connectivity index (χ2v) is 28.5. The highest BCUT2D eigenvalue weighted by Crippen LogP contribution is 2.39. The highest BCUT2D eigenvalue weighted by Gasteiger charge is 2.21. The van der Waals surface area contributed by atoms with Gasteiger partial charge in [-0.25, -0.2) is 4.79 Å². The number of ketones is 1. The summed E-state index contributed by atoms with van der Waals surface area (Å²) < 4.78 is 11.3. The highest BCUT2D eigenvalue weighted by molar-refractivity contribution is 8.15. The van der Waals surface area contributed by atoms with Gasteiger partial charge in [0.1, 0.15) is 5.56 Å². The summed E-state index contributed by atoms with van der Waals surface area (Å²) in [6, 6.07) is 82.6. The molecule has 17 nitrogen and oxygen atoms in total. The van der Waals surface area contributed by atoms with E-state index in [4.69, 9.17) is 10.2 Å². The van der Waals surface area contributed by atoms with Crippen LogP contribution in [-0.4, -0.2) is 63.1 Å². The van der Waals surface area contributed by atoms with Crippen molar-refractivity contribution in [1.29, 1.82) is 0 Å². The average Bonchev–Trinajstić information content (AvgIpc) is 1.73. The lowest BCUT2D eigenvalue weighted by Crippen LogP contribution is -2.01. The zero-order chi connectivity index (χ0) is 79.1. The van der Waals surface area contributed by atoms with Crippen LogP contribution in [0.3, 0.4) is 0 Å². The van der Waals surface area contributed by atoms with E-state index in [2.05, 4.69) is 0 Å². The number of Topliss-reactive ketones (excluding diaryl/α,β-unsaturated/α-hetero) is 1. The van der Waals surface area contributed by atoms with E-state index in [0.717, 1.165) is 81.1 Å². The summed E-state index contributed by atoms with van der Waals surface area (Å²) in [5.41, 5.74) is 3.42. The van der Waals surface area contributed by atoms with E-state index < -0.39 is 44.9 Å². The maximum atomic E-state index is 12.1. The molecule has 0 amide bonds. The van der Waals surface area contributed by atoms with Crippen molar-refractivity contribution in [2.24, 2.45) is 0 Å². The van der Waals surface area contributed by atoms with Crippen molar-refractivity contribution in [3.63, 3.8) is 0 Å². The molecule has 0 fully saturated rings. The molecule has 0 aliphatic carbocycles. The third-order valence-electron chi connectivity index (χ3n) is 15.0. The SMILES string of the molecule is CC(=O)c1c(C)cc(=O)c(O)c(O)c1-c1ccc2ccccc2c1.CS(=O)c1ccc(C(=O)Sc2cccccc2=O)cc1.Cc1ccc(C(=O)Sc2cccccc2=O)cc1.Cc1cccc(C(=O)Sc2cccccc2=O)c1.O=C(O)c1ccccc(=O)c1O.O=C(Sc1cccccc1=O)c1ccccc1. The molecular weight excluding hydrogens is 1480 g/mol. The average molecular weight is 1550 g/mol. The van der Waals surface area contributed by atoms with E-state index in [1.165, 1.54) is 49.4 Å². The molecule has 0 saturated heterocycles. The zero-order valence-electron chi connectivity index (χ0n) is 58.9. The van der Waals surface area contributed by atoms with Gasteiger partial charge in [-0.2, -0.15) is 0 Å². The van der Waals surface area contributed by atoms with Crippen LogP contribution in [0.25, 0.3) is 21.9 Å². The van der Waals surface area contributed by atoms with E-state index >= 15 is 0 Å². The van der Waals surface area contributed by atoms with Gasteiger partial charge in [0.15, 0.2) is 39.0 Å². The standard InChI is InChI=1S/C20H16O4.C15H12O3S2.2C15H12O2S.C14H10O2S.C8H6O4/c1-11-9-16(22)19(23)20(24)18(17(11)12(2)21)15-8-7-13-5-3-4-6-14(13)10-15;1-20(18)12-9-7-11(8-10-12)15(17)19-14-6-4-2-3-5-13(14)16;1-11-6-5-7-12(10-11)15(17)18-14-9-4-2-3-8-13(14)16;1-11-7-9-12(10-8-11)15(17)18-14-6-4-2-3-5-13(14)16;15-12-9-5-2-6-10-13(12)17-14(16)11-7-3-1-4-8-11;9-6-4-2-1-3-5(7(6)10)8(11)12/h3-10H,1-2H3,(H2,22,23,24);2-10H,1H3;2*2-10H,1H3;1-10H;1-4H,(H,9,10)(H,11,12). The number of aromatic hydroxyl groups is 3. The Balaban J connectivity index is 0.000000184. The molecule has 22 heteroatoms. The molecule has 1 atom stereocenters. The first kappa shape index (κ1) is 84.0. The number of carboxylic acids is 1. The number of fused-ring (bicyclic) bond motifs is 1. The van der Waals surface area contributed by atoms with Gasteiger partial charge < -0.3 is 20.4 Å². The van der Waals surface area contributed by atoms with Crippen LogP contribution in [0.1, 0.15) is 85.8 Å². The number of carboxylic acid groups (broad SMARTS) is 1. The Morgan fingerprint density at radius 3 is 1.15 bits per heavy atom. The quantitative estimate of drug-likeness (QED) is 0.0652. The van der Waals surface area contributed by atoms with Gasteiger partial charge in [0.2, 0.25) is 37.1 Å². The van der Waals surface area contributed by atoms with Crippen molar-refractivity contribution >= 4 is 101 Å². The molecule has 0 aliphatic rings. The summed E-state index contributed by atoms with van der Waals surface area (Å²) in [4.78, 5) is 142. The van der Waals surface area contributed by atoms with Gasteiger partial charge in [-0.15, -0.1) is 0 Å². The van der Waals surface area contributed by atoms with Gasteiger partial charge in [0.05, 0.1) is 19.6 Å². The number of thioether (sulfide) groups is 4. The Labute approximate surface area is 645 Å². The Bertz CT molecular complexity index is 5750.